The van der Waals surface area contributed by atoms with Gasteiger partial charge in [0.2, 0.25) is 0 Å². The van der Waals surface area contributed by atoms with Crippen molar-refractivity contribution < 1.29 is 28.4 Å². The number of imide groups is 1. The molecular formula is C26H36N3O5+. The Balaban J connectivity index is 1.61. The molecule has 2 fully saturated rings. The number of nitrogens with one attached hydrogen (secondary N) is 1. The lowest BCUT2D eigenvalue weighted by molar-refractivity contribution is -0.762. The molecule has 1 atom stereocenters. The fraction of sp³-hybridized carbons (Fsp3) is 0.615. The molecule has 8 nitrogen and oxygen atoms in total. The molecule has 1 aromatic carbocycles. The third-order valence-corrected chi connectivity index (χ3v) is 7.13. The third-order valence-electron chi connectivity index (χ3n) is 7.13. The number of quaternary nitrogens is 1. The first-order valence-corrected chi connectivity index (χ1v) is 12.5. The number of ether oxygens (including phenoxy) is 1. The zero-order valence-corrected chi connectivity index (χ0v) is 20.5. The molecule has 34 heavy (non-hydrogen) atoms. The Hall–Kier alpha value is -2.74. The number of rotatable bonds is 2. The standard InChI is InChI=1S/C26H35N3O5/c1-26(2,3)34-25(33)28-20-14-8-7-11-18(20)17-21(28)23(31)29(15-9-10-16-29)24(32)22(30)27-19-12-5-4-6-13-19/h7-8,11,14,19,21H,4-6,9-10,12-13,15-17H2,1-3H3/p+1. The summed E-state index contributed by atoms with van der Waals surface area (Å²) >= 11 is 0. The molecule has 1 unspecified atom stereocenters. The van der Waals surface area contributed by atoms with Crippen LogP contribution < -0.4 is 10.2 Å². The van der Waals surface area contributed by atoms with Crippen molar-refractivity contribution in [1.82, 2.24) is 5.32 Å². The van der Waals surface area contributed by atoms with Gasteiger partial charge in [0.1, 0.15) is 5.60 Å². The Morgan fingerprint density at radius 1 is 0.971 bits per heavy atom. The van der Waals surface area contributed by atoms with Gasteiger partial charge in [0.15, 0.2) is 6.04 Å². The van der Waals surface area contributed by atoms with Crippen LogP contribution in [0.3, 0.4) is 0 Å². The summed E-state index contributed by atoms with van der Waals surface area (Å²) in [6.45, 7) is 5.89. The van der Waals surface area contributed by atoms with Gasteiger partial charge in [0.05, 0.1) is 18.8 Å². The van der Waals surface area contributed by atoms with Gasteiger partial charge in [-0.05, 0) is 45.2 Å². The quantitative estimate of drug-likeness (QED) is 0.528. The van der Waals surface area contributed by atoms with E-state index in [4.69, 9.17) is 4.74 Å². The normalized spacial score (nSPS) is 22.2. The Morgan fingerprint density at radius 2 is 1.62 bits per heavy atom. The number of hydrogen-bond donors (Lipinski definition) is 1. The molecule has 0 bridgehead atoms. The minimum absolute atomic E-state index is 0.0167. The minimum Gasteiger partial charge on any atom is -0.443 e. The molecule has 184 valence electrons. The summed E-state index contributed by atoms with van der Waals surface area (Å²) in [7, 11) is 0. The molecule has 1 aromatic rings. The summed E-state index contributed by atoms with van der Waals surface area (Å²) in [5.41, 5.74) is 0.729. The van der Waals surface area contributed by atoms with Crippen molar-refractivity contribution in [3.05, 3.63) is 29.8 Å². The number of nitrogens with zero attached hydrogens (tertiary/aromatic N) is 2. The number of amides is 4. The maximum absolute atomic E-state index is 14.1. The van der Waals surface area contributed by atoms with Gasteiger partial charge in [-0.2, -0.15) is 4.48 Å². The molecule has 3 aliphatic rings. The summed E-state index contributed by atoms with van der Waals surface area (Å²) in [5, 5.41) is 2.89. The number of fused-ring (bicyclic) bond motifs is 1. The Morgan fingerprint density at radius 3 is 2.26 bits per heavy atom. The highest BCUT2D eigenvalue weighted by atomic mass is 16.6. The van der Waals surface area contributed by atoms with Crippen LogP contribution >= 0.6 is 0 Å². The topological polar surface area (TPSA) is 92.8 Å². The molecule has 2 aliphatic heterocycles. The highest BCUT2D eigenvalue weighted by molar-refractivity contribution is 6.34. The summed E-state index contributed by atoms with van der Waals surface area (Å²) in [6, 6.07) is 6.44. The highest BCUT2D eigenvalue weighted by Crippen LogP contribution is 2.36. The first-order valence-electron chi connectivity index (χ1n) is 12.5. The van der Waals surface area contributed by atoms with E-state index < -0.39 is 39.9 Å². The van der Waals surface area contributed by atoms with Crippen molar-refractivity contribution >= 4 is 29.5 Å². The molecule has 2 heterocycles. The van der Waals surface area contributed by atoms with Gasteiger partial charge >= 0.3 is 23.8 Å². The number of carbonyl (C=O) groups excluding carboxylic acids is 4. The van der Waals surface area contributed by atoms with Crippen molar-refractivity contribution in [1.29, 1.82) is 0 Å². The molecule has 0 spiro atoms. The van der Waals surface area contributed by atoms with Gasteiger partial charge in [-0.25, -0.2) is 14.4 Å². The number of anilines is 1. The van der Waals surface area contributed by atoms with Gasteiger partial charge in [0, 0.05) is 25.3 Å². The second-order valence-electron chi connectivity index (χ2n) is 10.8. The van der Waals surface area contributed by atoms with Crippen molar-refractivity contribution in [3.63, 3.8) is 0 Å². The molecule has 0 aromatic heterocycles. The molecule has 4 rings (SSSR count). The maximum Gasteiger partial charge on any atom is 0.415 e. The molecule has 1 N–H and O–H groups in total. The van der Waals surface area contributed by atoms with E-state index in [0.29, 0.717) is 24.9 Å². The molecular weight excluding hydrogens is 434 g/mol. The van der Waals surface area contributed by atoms with Crippen LogP contribution in [0.1, 0.15) is 71.3 Å². The van der Waals surface area contributed by atoms with E-state index in [9.17, 15) is 19.2 Å². The zero-order valence-electron chi connectivity index (χ0n) is 20.5. The molecule has 0 radical (unpaired) electrons. The zero-order chi connectivity index (χ0) is 24.5. The van der Waals surface area contributed by atoms with Crippen molar-refractivity contribution in [2.45, 2.75) is 89.8 Å². The van der Waals surface area contributed by atoms with E-state index >= 15 is 0 Å². The van der Waals surface area contributed by atoms with Crippen LogP contribution in [-0.2, 0) is 25.5 Å². The predicted molar refractivity (Wildman–Crippen MR) is 127 cm³/mol. The van der Waals surface area contributed by atoms with Gasteiger partial charge in [-0.1, -0.05) is 37.5 Å². The summed E-state index contributed by atoms with van der Waals surface area (Å²) in [5.74, 6) is -1.78. The first-order chi connectivity index (χ1) is 16.1. The Bertz CT molecular complexity index is 971. The molecule has 1 saturated heterocycles. The fourth-order valence-corrected chi connectivity index (χ4v) is 5.49. The van der Waals surface area contributed by atoms with Crippen LogP contribution in [0, 0.1) is 0 Å². The number of carbonyl (C=O) groups is 4. The number of hydrogen-bond acceptors (Lipinski definition) is 5. The summed E-state index contributed by atoms with van der Waals surface area (Å²) in [4.78, 5) is 55.2. The smallest absolute Gasteiger partial charge is 0.415 e. The second-order valence-corrected chi connectivity index (χ2v) is 10.8. The lowest BCUT2D eigenvalue weighted by atomic mass is 9.95. The SMILES string of the molecule is CC(C)(C)OC(=O)N1c2ccccc2CC1C(=O)[N+]1(C(=O)C(=O)NC2CCCCC2)CCCC1. The van der Waals surface area contributed by atoms with E-state index in [1.54, 1.807) is 26.8 Å². The van der Waals surface area contributed by atoms with Crippen LogP contribution in [0.4, 0.5) is 10.5 Å². The van der Waals surface area contributed by atoms with Gasteiger partial charge < -0.3 is 10.1 Å². The van der Waals surface area contributed by atoms with Crippen molar-refractivity contribution in [2.24, 2.45) is 0 Å². The van der Waals surface area contributed by atoms with Crippen LogP contribution in [0.2, 0.25) is 0 Å². The van der Waals surface area contributed by atoms with E-state index in [2.05, 4.69) is 5.32 Å². The fourth-order valence-electron chi connectivity index (χ4n) is 5.49. The number of likely N-dealkylation sites (tertiary alicyclic amines) is 1. The number of para-hydroxylation sites is 1. The number of benzene rings is 1. The van der Waals surface area contributed by atoms with Crippen molar-refractivity contribution in [3.8, 4) is 0 Å². The van der Waals surface area contributed by atoms with Crippen LogP contribution in [-0.4, -0.2) is 59.1 Å². The Labute approximate surface area is 201 Å². The van der Waals surface area contributed by atoms with E-state index in [-0.39, 0.29) is 19.1 Å². The largest absolute Gasteiger partial charge is 0.443 e. The molecule has 1 saturated carbocycles. The van der Waals surface area contributed by atoms with Crippen LogP contribution in [0.5, 0.6) is 0 Å². The Kier molecular flexibility index (Phi) is 6.80. The summed E-state index contributed by atoms with van der Waals surface area (Å²) in [6.07, 6.45) is 5.96. The molecule has 8 heteroatoms. The van der Waals surface area contributed by atoms with E-state index in [0.717, 1.165) is 37.7 Å². The molecule has 1 aliphatic carbocycles. The van der Waals surface area contributed by atoms with Gasteiger partial charge in [-0.3, -0.25) is 9.69 Å². The summed E-state index contributed by atoms with van der Waals surface area (Å²) < 4.78 is 5.10. The van der Waals surface area contributed by atoms with Crippen molar-refractivity contribution in [2.75, 3.05) is 18.0 Å². The highest BCUT2D eigenvalue weighted by Gasteiger charge is 2.56. The van der Waals surface area contributed by atoms with Crippen LogP contribution in [0.25, 0.3) is 0 Å². The lowest BCUT2D eigenvalue weighted by Crippen LogP contribution is -2.65. The lowest BCUT2D eigenvalue weighted by Gasteiger charge is -2.34. The van der Waals surface area contributed by atoms with Crippen LogP contribution in [0.15, 0.2) is 24.3 Å². The predicted octanol–water partition coefficient (Wildman–Crippen LogP) is 3.47. The third kappa shape index (κ3) is 4.73. The minimum atomic E-state index is -0.892. The average Bonchev–Trinajstić information content (AvgIpc) is 3.43. The second kappa shape index (κ2) is 9.49. The molecule has 4 amide bonds. The van der Waals surface area contributed by atoms with E-state index in [1.807, 2.05) is 18.2 Å². The van der Waals surface area contributed by atoms with Gasteiger partial charge in [-0.15, -0.1) is 0 Å². The first kappa shape index (κ1) is 24.4. The maximum atomic E-state index is 14.1. The average molecular weight is 471 g/mol. The van der Waals surface area contributed by atoms with E-state index in [1.165, 1.54) is 4.90 Å². The van der Waals surface area contributed by atoms with Gasteiger partial charge in [0.25, 0.3) is 0 Å². The monoisotopic (exact) mass is 470 g/mol.